The predicted octanol–water partition coefficient (Wildman–Crippen LogP) is 8.91. The maximum absolute atomic E-state index is 12.3. The van der Waals surface area contributed by atoms with Crippen LogP contribution in [0.4, 0.5) is 0 Å². The summed E-state index contributed by atoms with van der Waals surface area (Å²) in [6, 6.07) is 0. The highest BCUT2D eigenvalue weighted by molar-refractivity contribution is 5.87. The number of carbonyl (C=O) groups excluding carboxylic acids is 1. The maximum atomic E-state index is 12.3. The minimum Gasteiger partial charge on any atom is -0.459 e. The molecule has 0 unspecified atom stereocenters. The second kappa shape index (κ2) is 10.1. The fourth-order valence-corrected chi connectivity index (χ4v) is 9.11. The van der Waals surface area contributed by atoms with Gasteiger partial charge in [-0.3, -0.25) is 0 Å². The number of allylic oxidation sites excluding steroid dienone is 2. The van der Waals surface area contributed by atoms with E-state index in [1.54, 1.807) is 5.57 Å². The zero-order chi connectivity index (χ0) is 24.7. The highest BCUT2D eigenvalue weighted by atomic mass is 16.5. The lowest BCUT2D eigenvalue weighted by atomic mass is 9.47. The summed E-state index contributed by atoms with van der Waals surface area (Å²) in [5, 5.41) is 0. The van der Waals surface area contributed by atoms with Gasteiger partial charge in [-0.05, 0) is 105 Å². The van der Waals surface area contributed by atoms with E-state index in [0.29, 0.717) is 10.8 Å². The summed E-state index contributed by atoms with van der Waals surface area (Å²) >= 11 is 0. The Morgan fingerprint density at radius 2 is 1.85 bits per heavy atom. The van der Waals surface area contributed by atoms with Crippen molar-refractivity contribution in [3.63, 3.8) is 0 Å². The van der Waals surface area contributed by atoms with E-state index in [-0.39, 0.29) is 12.1 Å². The monoisotopic (exact) mass is 468 g/mol. The van der Waals surface area contributed by atoms with Crippen molar-refractivity contribution in [1.29, 1.82) is 0 Å². The molecule has 0 aliphatic heterocycles. The highest BCUT2D eigenvalue weighted by Crippen LogP contribution is 2.67. The Morgan fingerprint density at radius 3 is 2.56 bits per heavy atom. The molecule has 2 nitrogen and oxygen atoms in total. The van der Waals surface area contributed by atoms with Crippen LogP contribution in [0.2, 0.25) is 0 Å². The molecule has 0 aromatic rings. The molecule has 0 saturated heterocycles. The Kier molecular flexibility index (Phi) is 7.76. The van der Waals surface area contributed by atoms with Crippen LogP contribution in [0.25, 0.3) is 0 Å². The largest absolute Gasteiger partial charge is 0.459 e. The van der Waals surface area contributed by atoms with E-state index in [2.05, 4.69) is 40.7 Å². The van der Waals surface area contributed by atoms with Crippen molar-refractivity contribution in [3.05, 3.63) is 23.3 Å². The molecule has 4 aliphatic carbocycles. The third kappa shape index (κ3) is 4.69. The van der Waals surface area contributed by atoms with Gasteiger partial charge in [0.1, 0.15) is 6.10 Å². The third-order valence-electron chi connectivity index (χ3n) is 11.3. The minimum atomic E-state index is -0.127. The van der Waals surface area contributed by atoms with E-state index in [0.717, 1.165) is 53.9 Å². The molecule has 3 saturated carbocycles. The molecule has 34 heavy (non-hydrogen) atoms. The van der Waals surface area contributed by atoms with Crippen molar-refractivity contribution in [2.75, 3.05) is 0 Å². The van der Waals surface area contributed by atoms with E-state index in [9.17, 15) is 4.79 Å². The normalized spacial score (nSPS) is 40.8. The first-order valence-electron chi connectivity index (χ1n) is 14.6. The predicted molar refractivity (Wildman–Crippen MR) is 142 cm³/mol. The topological polar surface area (TPSA) is 26.3 Å². The number of hydrogen-bond donors (Lipinski definition) is 0. The number of carbonyl (C=O) groups is 1. The number of hydrogen-bond acceptors (Lipinski definition) is 2. The molecule has 0 heterocycles. The second-order valence-corrected chi connectivity index (χ2v) is 13.5. The van der Waals surface area contributed by atoms with Crippen molar-refractivity contribution >= 4 is 5.97 Å². The molecule has 0 N–H and O–H groups in total. The lowest BCUT2D eigenvalue weighted by Crippen LogP contribution is -2.51. The summed E-state index contributed by atoms with van der Waals surface area (Å²) in [7, 11) is 0. The van der Waals surface area contributed by atoms with Crippen LogP contribution in [0.1, 0.15) is 119 Å². The van der Waals surface area contributed by atoms with E-state index in [1.165, 1.54) is 57.8 Å². The van der Waals surface area contributed by atoms with Gasteiger partial charge < -0.3 is 4.74 Å². The summed E-state index contributed by atoms with van der Waals surface area (Å²) in [4.78, 5) is 12.3. The number of rotatable bonds is 7. The fraction of sp³-hybridized carbons (Fsp3) is 0.844. The summed E-state index contributed by atoms with van der Waals surface area (Å²) < 4.78 is 5.90. The van der Waals surface area contributed by atoms with Gasteiger partial charge >= 0.3 is 5.97 Å². The van der Waals surface area contributed by atoms with Crippen LogP contribution in [0.3, 0.4) is 0 Å². The molecule has 192 valence electrons. The molecule has 0 spiro atoms. The van der Waals surface area contributed by atoms with Crippen LogP contribution in [0.5, 0.6) is 0 Å². The second-order valence-electron chi connectivity index (χ2n) is 13.5. The van der Waals surface area contributed by atoms with Gasteiger partial charge in [-0.1, -0.05) is 71.6 Å². The molecule has 4 aliphatic rings. The van der Waals surface area contributed by atoms with Crippen molar-refractivity contribution < 1.29 is 9.53 Å². The quantitative estimate of drug-likeness (QED) is 0.212. The molecule has 3 fully saturated rings. The molecule has 8 atom stereocenters. The molecule has 2 heteroatoms. The summed E-state index contributed by atoms with van der Waals surface area (Å²) in [6.07, 6.45) is 18.9. The Bertz CT molecular complexity index is 806. The molecule has 0 bridgehead atoms. The Hall–Kier alpha value is -1.05. The summed E-state index contributed by atoms with van der Waals surface area (Å²) in [5.41, 5.74) is 3.21. The molecule has 0 amide bonds. The first-order valence-corrected chi connectivity index (χ1v) is 14.6. The van der Waals surface area contributed by atoms with Crippen molar-refractivity contribution in [1.82, 2.24) is 0 Å². The Balaban J connectivity index is 1.44. The van der Waals surface area contributed by atoms with Gasteiger partial charge in [0, 0.05) is 12.0 Å². The van der Waals surface area contributed by atoms with Gasteiger partial charge in [-0.2, -0.15) is 0 Å². The van der Waals surface area contributed by atoms with Crippen LogP contribution in [-0.2, 0) is 9.53 Å². The van der Waals surface area contributed by atoms with Gasteiger partial charge in [-0.15, -0.1) is 0 Å². The summed E-state index contributed by atoms with van der Waals surface area (Å²) in [6.45, 7) is 16.3. The van der Waals surface area contributed by atoms with Crippen LogP contribution in [0.15, 0.2) is 23.3 Å². The molecule has 0 aromatic heterocycles. The molecular formula is C32H52O2. The zero-order valence-electron chi connectivity index (χ0n) is 23.3. The Morgan fingerprint density at radius 1 is 1.09 bits per heavy atom. The van der Waals surface area contributed by atoms with E-state index in [1.807, 2.05) is 19.9 Å². The molecular weight excluding hydrogens is 416 g/mol. The van der Waals surface area contributed by atoms with Gasteiger partial charge in [0.25, 0.3) is 0 Å². The summed E-state index contributed by atoms with van der Waals surface area (Å²) in [5.74, 6) is 5.11. The van der Waals surface area contributed by atoms with E-state index in [4.69, 9.17) is 4.74 Å². The van der Waals surface area contributed by atoms with Gasteiger partial charge in [-0.25, -0.2) is 4.79 Å². The first-order chi connectivity index (χ1) is 16.1. The van der Waals surface area contributed by atoms with Crippen LogP contribution in [-0.4, -0.2) is 12.1 Å². The zero-order valence-corrected chi connectivity index (χ0v) is 23.3. The SMILES string of the molecule is C/C=C(\C)C(=O)O[C@H]1CC[C@]2(C)C(=CC[C@H]3[C@H]4CC[C@H]([C@@H](C)CCCC(C)C)[C@]4(C)CC[C@H]32)C1. The minimum absolute atomic E-state index is 0.0645. The maximum Gasteiger partial charge on any atom is 0.333 e. The van der Waals surface area contributed by atoms with Gasteiger partial charge in [0.2, 0.25) is 0 Å². The number of esters is 1. The molecule has 4 rings (SSSR count). The lowest BCUT2D eigenvalue weighted by Gasteiger charge is -2.58. The van der Waals surface area contributed by atoms with Gasteiger partial charge in [0.05, 0.1) is 0 Å². The lowest BCUT2D eigenvalue weighted by molar-refractivity contribution is -0.146. The van der Waals surface area contributed by atoms with Crippen LogP contribution < -0.4 is 0 Å². The smallest absolute Gasteiger partial charge is 0.333 e. The van der Waals surface area contributed by atoms with Crippen molar-refractivity contribution in [2.45, 2.75) is 125 Å². The number of fused-ring (bicyclic) bond motifs is 5. The Labute approximate surface area is 210 Å². The van der Waals surface area contributed by atoms with Crippen LogP contribution in [0, 0.1) is 46.3 Å². The molecule has 0 aromatic carbocycles. The first kappa shape index (κ1) is 26.0. The standard InChI is InChI=1S/C32H52O2/c1-8-22(4)30(33)34-25-16-18-31(6)24(20-25)12-13-26-28-15-14-27(23(5)11-9-10-21(2)3)32(28,7)19-17-29(26)31/h8,12,21,23,25-29H,9-11,13-20H2,1-7H3/b22-8+/t23-,25-,26-,27+,28+,29+,31+,32-/m0/s1. The average molecular weight is 469 g/mol. The third-order valence-corrected chi connectivity index (χ3v) is 11.3. The van der Waals surface area contributed by atoms with Crippen molar-refractivity contribution in [2.24, 2.45) is 46.3 Å². The van der Waals surface area contributed by atoms with Crippen LogP contribution >= 0.6 is 0 Å². The van der Waals surface area contributed by atoms with E-state index >= 15 is 0 Å². The molecule has 0 radical (unpaired) electrons. The van der Waals surface area contributed by atoms with Crippen molar-refractivity contribution in [3.8, 4) is 0 Å². The fourth-order valence-electron chi connectivity index (χ4n) is 9.11. The number of ether oxygens (including phenoxy) is 1. The van der Waals surface area contributed by atoms with Gasteiger partial charge in [0.15, 0.2) is 0 Å². The average Bonchev–Trinajstić information content (AvgIpc) is 3.15. The van der Waals surface area contributed by atoms with E-state index < -0.39 is 0 Å². The highest BCUT2D eigenvalue weighted by Gasteiger charge is 2.59.